The van der Waals surface area contributed by atoms with Gasteiger partial charge in [-0.25, -0.2) is 0 Å². The molecule has 1 aromatic heterocycles. The largest absolute Gasteiger partial charge is 0.329 e. The van der Waals surface area contributed by atoms with Crippen LogP contribution in [0.15, 0.2) is 24.5 Å². The number of pyridine rings is 1. The molecule has 0 saturated heterocycles. The van der Waals surface area contributed by atoms with Crippen LogP contribution < -0.4 is 10.6 Å². The van der Waals surface area contributed by atoms with E-state index >= 15 is 0 Å². The standard InChI is InChI=1S/C16H25N3O/c1-2-19(14-7-11-18-12-8-14)15(20)16(13-17)9-5-3-4-6-10-16/h7-8,11-12H,2-6,9-10,13,17H2,1H3. The van der Waals surface area contributed by atoms with Crippen molar-refractivity contribution in [3.05, 3.63) is 24.5 Å². The molecule has 4 heteroatoms. The van der Waals surface area contributed by atoms with E-state index in [2.05, 4.69) is 4.98 Å². The molecule has 1 fully saturated rings. The average Bonchev–Trinajstić information content (AvgIpc) is 2.75. The fourth-order valence-corrected chi connectivity index (χ4v) is 3.16. The van der Waals surface area contributed by atoms with Crippen LogP contribution in [0.2, 0.25) is 0 Å². The van der Waals surface area contributed by atoms with Gasteiger partial charge in [-0.3, -0.25) is 9.78 Å². The molecule has 2 N–H and O–H groups in total. The van der Waals surface area contributed by atoms with Crippen LogP contribution in [0.5, 0.6) is 0 Å². The second kappa shape index (κ2) is 6.84. The normalized spacial score (nSPS) is 18.3. The van der Waals surface area contributed by atoms with Crippen LogP contribution in [0, 0.1) is 5.41 Å². The van der Waals surface area contributed by atoms with E-state index in [0.29, 0.717) is 13.1 Å². The molecule has 0 spiro atoms. The Morgan fingerprint density at radius 2 is 1.85 bits per heavy atom. The van der Waals surface area contributed by atoms with Gasteiger partial charge in [-0.1, -0.05) is 25.7 Å². The highest BCUT2D eigenvalue weighted by molar-refractivity contribution is 5.97. The van der Waals surface area contributed by atoms with Crippen molar-refractivity contribution >= 4 is 11.6 Å². The van der Waals surface area contributed by atoms with Crippen molar-refractivity contribution in [2.24, 2.45) is 11.1 Å². The fraction of sp³-hybridized carbons (Fsp3) is 0.625. The predicted molar refractivity (Wildman–Crippen MR) is 81.5 cm³/mol. The maximum atomic E-state index is 13.1. The van der Waals surface area contributed by atoms with Gasteiger partial charge in [0.2, 0.25) is 5.91 Å². The molecule has 0 aliphatic heterocycles. The number of nitrogens with two attached hydrogens (primary N) is 1. The number of carbonyl (C=O) groups is 1. The molecule has 0 unspecified atom stereocenters. The van der Waals surface area contributed by atoms with E-state index in [4.69, 9.17) is 5.73 Å². The average molecular weight is 275 g/mol. The fourth-order valence-electron chi connectivity index (χ4n) is 3.16. The van der Waals surface area contributed by atoms with Gasteiger partial charge in [0.15, 0.2) is 0 Å². The summed E-state index contributed by atoms with van der Waals surface area (Å²) < 4.78 is 0. The Labute approximate surface area is 121 Å². The maximum Gasteiger partial charge on any atom is 0.234 e. The Morgan fingerprint density at radius 1 is 1.25 bits per heavy atom. The van der Waals surface area contributed by atoms with Crippen LogP contribution in [0.4, 0.5) is 5.69 Å². The third-order valence-corrected chi connectivity index (χ3v) is 4.44. The number of rotatable bonds is 4. The summed E-state index contributed by atoms with van der Waals surface area (Å²) in [5, 5.41) is 0. The molecule has 0 aromatic carbocycles. The lowest BCUT2D eigenvalue weighted by Crippen LogP contribution is -2.48. The molecule has 1 aromatic rings. The molecule has 20 heavy (non-hydrogen) atoms. The molecule has 1 amide bonds. The zero-order valence-corrected chi connectivity index (χ0v) is 12.3. The first kappa shape index (κ1) is 15.0. The molecule has 1 aliphatic rings. The van der Waals surface area contributed by atoms with Crippen LogP contribution in [0.1, 0.15) is 45.4 Å². The highest BCUT2D eigenvalue weighted by atomic mass is 16.2. The monoisotopic (exact) mass is 275 g/mol. The number of hydrogen-bond donors (Lipinski definition) is 1. The lowest BCUT2D eigenvalue weighted by molar-refractivity contribution is -0.128. The van der Waals surface area contributed by atoms with Crippen molar-refractivity contribution in [1.82, 2.24) is 4.98 Å². The number of amides is 1. The smallest absolute Gasteiger partial charge is 0.234 e. The van der Waals surface area contributed by atoms with E-state index in [1.807, 2.05) is 24.0 Å². The van der Waals surface area contributed by atoms with Gasteiger partial charge in [0, 0.05) is 31.2 Å². The van der Waals surface area contributed by atoms with Crippen molar-refractivity contribution in [2.45, 2.75) is 45.4 Å². The van der Waals surface area contributed by atoms with Crippen molar-refractivity contribution in [3.8, 4) is 0 Å². The molecule has 1 aliphatic carbocycles. The van der Waals surface area contributed by atoms with Gasteiger partial charge in [-0.2, -0.15) is 0 Å². The summed E-state index contributed by atoms with van der Waals surface area (Å²) in [6.07, 6.45) is 9.95. The van der Waals surface area contributed by atoms with Crippen molar-refractivity contribution in [3.63, 3.8) is 0 Å². The summed E-state index contributed by atoms with van der Waals surface area (Å²) in [5.41, 5.74) is 6.57. The second-order valence-corrected chi connectivity index (χ2v) is 5.65. The third-order valence-electron chi connectivity index (χ3n) is 4.44. The number of carbonyl (C=O) groups excluding carboxylic acids is 1. The van der Waals surface area contributed by atoms with Gasteiger partial charge < -0.3 is 10.6 Å². The van der Waals surface area contributed by atoms with Crippen molar-refractivity contribution in [1.29, 1.82) is 0 Å². The Hall–Kier alpha value is -1.42. The van der Waals surface area contributed by atoms with Gasteiger partial charge in [0.25, 0.3) is 0 Å². The summed E-state index contributed by atoms with van der Waals surface area (Å²) in [6.45, 7) is 3.14. The number of aromatic nitrogens is 1. The Bertz CT molecular complexity index is 425. The van der Waals surface area contributed by atoms with E-state index < -0.39 is 0 Å². The molecule has 0 bridgehead atoms. The summed E-state index contributed by atoms with van der Waals surface area (Å²) in [5.74, 6) is 0.190. The lowest BCUT2D eigenvalue weighted by Gasteiger charge is -2.35. The van der Waals surface area contributed by atoms with Gasteiger partial charge in [0.1, 0.15) is 0 Å². The van der Waals surface area contributed by atoms with E-state index in [1.54, 1.807) is 12.4 Å². The van der Waals surface area contributed by atoms with Gasteiger partial charge in [-0.05, 0) is 31.9 Å². The molecular formula is C16H25N3O. The zero-order chi connectivity index (χ0) is 14.4. The molecular weight excluding hydrogens is 250 g/mol. The second-order valence-electron chi connectivity index (χ2n) is 5.65. The first-order chi connectivity index (χ1) is 9.73. The summed E-state index contributed by atoms with van der Waals surface area (Å²) >= 11 is 0. The summed E-state index contributed by atoms with van der Waals surface area (Å²) in [4.78, 5) is 18.9. The van der Waals surface area contributed by atoms with Crippen molar-refractivity contribution in [2.75, 3.05) is 18.0 Å². The minimum Gasteiger partial charge on any atom is -0.329 e. The Balaban J connectivity index is 2.26. The molecule has 0 atom stereocenters. The molecule has 110 valence electrons. The highest BCUT2D eigenvalue weighted by Crippen LogP contribution is 2.37. The maximum absolute atomic E-state index is 13.1. The quantitative estimate of drug-likeness (QED) is 0.860. The van der Waals surface area contributed by atoms with E-state index in [-0.39, 0.29) is 11.3 Å². The number of hydrogen-bond acceptors (Lipinski definition) is 3. The number of anilines is 1. The molecule has 4 nitrogen and oxygen atoms in total. The SMILES string of the molecule is CCN(C(=O)C1(CN)CCCCCC1)c1ccncc1. The van der Waals surface area contributed by atoms with Gasteiger partial charge in [-0.15, -0.1) is 0 Å². The minimum atomic E-state index is -0.365. The Morgan fingerprint density at radius 3 is 2.35 bits per heavy atom. The third kappa shape index (κ3) is 3.01. The number of nitrogens with zero attached hydrogens (tertiary/aromatic N) is 2. The van der Waals surface area contributed by atoms with Crippen molar-refractivity contribution < 1.29 is 4.79 Å². The zero-order valence-electron chi connectivity index (χ0n) is 12.3. The molecule has 2 rings (SSSR count). The van der Waals surface area contributed by atoms with Crippen LogP contribution in [-0.2, 0) is 4.79 Å². The lowest BCUT2D eigenvalue weighted by atomic mass is 9.79. The van der Waals surface area contributed by atoms with Crippen LogP contribution in [-0.4, -0.2) is 24.0 Å². The van der Waals surface area contributed by atoms with E-state index in [1.165, 1.54) is 12.8 Å². The predicted octanol–water partition coefficient (Wildman–Crippen LogP) is 2.73. The molecule has 1 saturated carbocycles. The van der Waals surface area contributed by atoms with Crippen LogP contribution in [0.3, 0.4) is 0 Å². The van der Waals surface area contributed by atoms with Crippen LogP contribution >= 0.6 is 0 Å². The first-order valence-corrected chi connectivity index (χ1v) is 7.65. The molecule has 0 radical (unpaired) electrons. The highest BCUT2D eigenvalue weighted by Gasteiger charge is 2.40. The van der Waals surface area contributed by atoms with Gasteiger partial charge in [0.05, 0.1) is 5.41 Å². The van der Waals surface area contributed by atoms with E-state index in [9.17, 15) is 4.79 Å². The summed E-state index contributed by atoms with van der Waals surface area (Å²) in [7, 11) is 0. The first-order valence-electron chi connectivity index (χ1n) is 7.65. The summed E-state index contributed by atoms with van der Waals surface area (Å²) in [6, 6.07) is 3.78. The Kier molecular flexibility index (Phi) is 5.12. The topological polar surface area (TPSA) is 59.2 Å². The minimum absolute atomic E-state index is 0.190. The molecule has 1 heterocycles. The van der Waals surface area contributed by atoms with Crippen LogP contribution in [0.25, 0.3) is 0 Å². The van der Waals surface area contributed by atoms with E-state index in [0.717, 1.165) is 31.4 Å². The van der Waals surface area contributed by atoms with Gasteiger partial charge >= 0.3 is 0 Å².